The molecule has 2 fully saturated rings. The highest BCUT2D eigenvalue weighted by molar-refractivity contribution is 5.42. The maximum absolute atomic E-state index is 14.1. The first kappa shape index (κ1) is 16.9. The molecule has 25 heavy (non-hydrogen) atoms. The van der Waals surface area contributed by atoms with Gasteiger partial charge in [0.05, 0.1) is 6.10 Å². The topological polar surface area (TPSA) is 49.7 Å². The maximum atomic E-state index is 14.1. The van der Waals surface area contributed by atoms with Crippen molar-refractivity contribution in [3.63, 3.8) is 0 Å². The van der Waals surface area contributed by atoms with E-state index in [0.717, 1.165) is 30.4 Å². The molecule has 3 aliphatic carbocycles. The van der Waals surface area contributed by atoms with E-state index in [1.54, 1.807) is 13.2 Å². The second kappa shape index (κ2) is 5.46. The number of phenols is 1. The summed E-state index contributed by atoms with van der Waals surface area (Å²) in [6.45, 7) is 2.10. The van der Waals surface area contributed by atoms with Gasteiger partial charge in [-0.05, 0) is 67.2 Å². The number of fused-ring (bicyclic) bond motifs is 5. The van der Waals surface area contributed by atoms with Crippen LogP contribution in [0.15, 0.2) is 12.1 Å². The molecule has 0 unspecified atom stereocenters. The van der Waals surface area contributed by atoms with Crippen LogP contribution in [0, 0.1) is 35.4 Å². The van der Waals surface area contributed by atoms with Gasteiger partial charge in [0, 0.05) is 18.4 Å². The van der Waals surface area contributed by atoms with E-state index in [4.69, 9.17) is 11.2 Å². The van der Waals surface area contributed by atoms with Gasteiger partial charge < -0.3 is 14.9 Å². The van der Waals surface area contributed by atoms with Gasteiger partial charge >= 0.3 is 0 Å². The molecular formula is C21H25FO3. The summed E-state index contributed by atoms with van der Waals surface area (Å²) in [5, 5.41) is 20.8. The number of aryl methyl sites for hydroxylation is 1. The average Bonchev–Trinajstić information content (AvgIpc) is 2.87. The SMILES string of the molecule is C#C[C@]1(O)CC[C@H]2[C@@H]3CCc4cc(O)c(F)cc4[C@H]3[C@@H](OC)C[C@@]21C. The van der Waals surface area contributed by atoms with Crippen molar-refractivity contribution in [3.05, 3.63) is 29.1 Å². The Kier molecular flexibility index (Phi) is 3.69. The van der Waals surface area contributed by atoms with Gasteiger partial charge in [-0.1, -0.05) is 12.8 Å². The fourth-order valence-electron chi connectivity index (χ4n) is 6.10. The van der Waals surface area contributed by atoms with Gasteiger partial charge in [0.15, 0.2) is 11.6 Å². The summed E-state index contributed by atoms with van der Waals surface area (Å²) in [6.07, 6.45) is 9.52. The van der Waals surface area contributed by atoms with Crippen LogP contribution >= 0.6 is 0 Å². The standard InChI is InChI=1S/C21H25FO3/c1-4-21(24)8-7-15-13-6-5-12-9-17(23)16(22)10-14(12)19(13)18(25-3)11-20(15,21)2/h1,9-10,13,15,18-19,23-24H,5-8,11H2,2-3H3/t13-,15-,18-,19-,20-,21-/m0/s1. The summed E-state index contributed by atoms with van der Waals surface area (Å²) >= 11 is 0. The molecule has 1 aromatic carbocycles. The molecule has 134 valence electrons. The van der Waals surface area contributed by atoms with Crippen LogP contribution in [0.1, 0.15) is 49.7 Å². The van der Waals surface area contributed by atoms with Crippen molar-refractivity contribution in [2.24, 2.45) is 17.3 Å². The molecule has 1 aromatic rings. The smallest absolute Gasteiger partial charge is 0.165 e. The van der Waals surface area contributed by atoms with E-state index in [1.807, 2.05) is 0 Å². The van der Waals surface area contributed by atoms with Crippen molar-refractivity contribution >= 4 is 0 Å². The first-order valence-corrected chi connectivity index (χ1v) is 9.09. The number of halogens is 1. The molecular weight excluding hydrogens is 319 g/mol. The molecule has 0 radical (unpaired) electrons. The Labute approximate surface area is 148 Å². The summed E-state index contributed by atoms with van der Waals surface area (Å²) in [4.78, 5) is 0. The molecule has 0 bridgehead atoms. The maximum Gasteiger partial charge on any atom is 0.165 e. The molecule has 0 spiro atoms. The van der Waals surface area contributed by atoms with Gasteiger partial charge in [-0.15, -0.1) is 6.42 Å². The van der Waals surface area contributed by atoms with Crippen molar-refractivity contribution in [2.45, 2.75) is 56.7 Å². The molecule has 0 amide bonds. The fraction of sp³-hybridized carbons (Fsp3) is 0.619. The summed E-state index contributed by atoms with van der Waals surface area (Å²) in [7, 11) is 1.68. The predicted octanol–water partition coefficient (Wildman–Crippen LogP) is 3.38. The van der Waals surface area contributed by atoms with Gasteiger partial charge in [0.25, 0.3) is 0 Å². The third kappa shape index (κ3) is 2.12. The highest BCUT2D eigenvalue weighted by atomic mass is 19.1. The van der Waals surface area contributed by atoms with Crippen LogP contribution in [0.2, 0.25) is 0 Å². The van der Waals surface area contributed by atoms with Crippen molar-refractivity contribution in [2.75, 3.05) is 7.11 Å². The number of aliphatic hydroxyl groups is 1. The number of terminal acetylenes is 1. The van der Waals surface area contributed by atoms with E-state index in [9.17, 15) is 14.6 Å². The van der Waals surface area contributed by atoms with Crippen LogP contribution in [0.5, 0.6) is 5.75 Å². The molecule has 0 saturated heterocycles. The largest absolute Gasteiger partial charge is 0.505 e. The van der Waals surface area contributed by atoms with Gasteiger partial charge in [-0.3, -0.25) is 0 Å². The third-order valence-electron chi connectivity index (χ3n) is 7.44. The molecule has 4 heteroatoms. The van der Waals surface area contributed by atoms with Crippen molar-refractivity contribution in [1.29, 1.82) is 0 Å². The molecule has 0 heterocycles. The zero-order valence-electron chi connectivity index (χ0n) is 14.8. The monoisotopic (exact) mass is 344 g/mol. The first-order chi connectivity index (χ1) is 11.8. The number of aromatic hydroxyl groups is 1. The summed E-state index contributed by atoms with van der Waals surface area (Å²) in [5.74, 6) is 2.50. The van der Waals surface area contributed by atoms with Crippen LogP contribution in [0.25, 0.3) is 0 Å². The van der Waals surface area contributed by atoms with Crippen LogP contribution in [0.3, 0.4) is 0 Å². The van der Waals surface area contributed by atoms with E-state index in [1.165, 1.54) is 6.07 Å². The molecule has 4 rings (SSSR count). The summed E-state index contributed by atoms with van der Waals surface area (Å²) in [5.41, 5.74) is 0.490. The van der Waals surface area contributed by atoms with Crippen LogP contribution in [0.4, 0.5) is 4.39 Å². The molecule has 6 atom stereocenters. The third-order valence-corrected chi connectivity index (χ3v) is 7.44. The Hall–Kier alpha value is -1.57. The van der Waals surface area contributed by atoms with Crippen molar-refractivity contribution in [1.82, 2.24) is 0 Å². The number of methoxy groups -OCH3 is 1. The summed E-state index contributed by atoms with van der Waals surface area (Å²) in [6, 6.07) is 3.05. The van der Waals surface area contributed by atoms with Crippen molar-refractivity contribution < 1.29 is 19.3 Å². The lowest BCUT2D eigenvalue weighted by Gasteiger charge is -2.54. The zero-order chi connectivity index (χ0) is 18.0. The average molecular weight is 344 g/mol. The quantitative estimate of drug-likeness (QED) is 0.768. The molecule has 3 nitrogen and oxygen atoms in total. The van der Waals surface area contributed by atoms with Crippen LogP contribution in [-0.2, 0) is 11.2 Å². The molecule has 2 N–H and O–H groups in total. The highest BCUT2D eigenvalue weighted by Crippen LogP contribution is 2.64. The number of hydrogen-bond donors (Lipinski definition) is 2. The zero-order valence-corrected chi connectivity index (χ0v) is 14.8. The normalized spacial score (nSPS) is 42.2. The van der Waals surface area contributed by atoms with Crippen molar-refractivity contribution in [3.8, 4) is 18.1 Å². The Balaban J connectivity index is 1.81. The number of ether oxygens (including phenoxy) is 1. The van der Waals surface area contributed by atoms with E-state index < -0.39 is 11.4 Å². The second-order valence-corrected chi connectivity index (χ2v) is 8.28. The lowest BCUT2D eigenvalue weighted by Crippen LogP contribution is -2.54. The fourth-order valence-corrected chi connectivity index (χ4v) is 6.10. The Morgan fingerprint density at radius 3 is 2.80 bits per heavy atom. The van der Waals surface area contributed by atoms with Gasteiger partial charge in [-0.2, -0.15) is 0 Å². The Bertz CT molecular complexity index is 754. The van der Waals surface area contributed by atoms with Gasteiger partial charge in [0.1, 0.15) is 5.60 Å². The lowest BCUT2D eigenvalue weighted by atomic mass is 9.52. The minimum atomic E-state index is -1.10. The number of hydrogen-bond acceptors (Lipinski definition) is 3. The van der Waals surface area contributed by atoms with E-state index >= 15 is 0 Å². The van der Waals surface area contributed by atoms with E-state index in [2.05, 4.69) is 12.8 Å². The predicted molar refractivity (Wildman–Crippen MR) is 92.6 cm³/mol. The Morgan fingerprint density at radius 2 is 2.12 bits per heavy atom. The first-order valence-electron chi connectivity index (χ1n) is 9.09. The molecule has 0 aromatic heterocycles. The number of benzene rings is 1. The number of phenolic OH excluding ortho intramolecular Hbond substituents is 1. The molecule has 3 aliphatic rings. The minimum Gasteiger partial charge on any atom is -0.505 e. The van der Waals surface area contributed by atoms with E-state index in [0.29, 0.717) is 24.7 Å². The summed E-state index contributed by atoms with van der Waals surface area (Å²) < 4.78 is 19.9. The Morgan fingerprint density at radius 1 is 1.36 bits per heavy atom. The second-order valence-electron chi connectivity index (χ2n) is 8.28. The highest BCUT2D eigenvalue weighted by Gasteiger charge is 2.63. The minimum absolute atomic E-state index is 0.0852. The van der Waals surface area contributed by atoms with Gasteiger partial charge in [0.2, 0.25) is 0 Å². The van der Waals surface area contributed by atoms with Gasteiger partial charge in [-0.25, -0.2) is 4.39 Å². The van der Waals surface area contributed by atoms with Crippen LogP contribution < -0.4 is 0 Å². The number of rotatable bonds is 1. The molecule has 2 saturated carbocycles. The van der Waals surface area contributed by atoms with E-state index in [-0.39, 0.29) is 23.2 Å². The van der Waals surface area contributed by atoms with Crippen LogP contribution in [-0.4, -0.2) is 29.0 Å². The lowest BCUT2D eigenvalue weighted by molar-refractivity contribution is -0.116. The molecule has 0 aliphatic heterocycles.